The molecule has 1 aromatic rings. The Bertz CT molecular complexity index is 1000. The molecule has 0 bridgehead atoms. The van der Waals surface area contributed by atoms with Gasteiger partial charge in [-0.25, -0.2) is 0 Å². The average Bonchev–Trinajstić information content (AvgIpc) is 3.69. The Morgan fingerprint density at radius 1 is 1.05 bits per heavy atom. The van der Waals surface area contributed by atoms with E-state index in [1.54, 1.807) is 36.9 Å². The number of nitrogens with one attached hydrogen (secondary N) is 3. The van der Waals surface area contributed by atoms with E-state index in [0.717, 1.165) is 5.56 Å². The molecule has 1 aromatic carbocycles. The van der Waals surface area contributed by atoms with Gasteiger partial charge in [-0.15, -0.1) is 0 Å². The first-order chi connectivity index (χ1) is 18.8. The van der Waals surface area contributed by atoms with E-state index in [4.69, 9.17) is 14.2 Å². The standard InChI is InChI=1S/C22H30N4O7.C6H10/c1-31-16-4-2-15(3-5-16)10-17(22(30)24-11-18(27)19-14-33-19)25-20(28)12-23-21(29)13-26-6-8-32-9-7-26;1-6-4-2-3-5-6/h2-5,17,19H,6-14H2,1H3,(H,23,29)(H,24,30)(H,25,28);4H,2-3,5H2,1H3/t17-,19+;/m0./s1. The molecule has 2 saturated heterocycles. The quantitative estimate of drug-likeness (QED) is 0.254. The maximum Gasteiger partial charge on any atom is 0.243 e. The highest BCUT2D eigenvalue weighted by Crippen LogP contribution is 2.15. The Labute approximate surface area is 229 Å². The average molecular weight is 545 g/mol. The number of morpholine rings is 1. The smallest absolute Gasteiger partial charge is 0.243 e. The Hall–Kier alpha value is -3.28. The second kappa shape index (κ2) is 16.0. The van der Waals surface area contributed by atoms with E-state index in [-0.39, 0.29) is 37.7 Å². The Kier molecular flexibility index (Phi) is 12.4. The highest BCUT2D eigenvalue weighted by Gasteiger charge is 2.31. The number of carbonyl (C=O) groups excluding carboxylic acids is 4. The van der Waals surface area contributed by atoms with Gasteiger partial charge in [0, 0.05) is 19.5 Å². The van der Waals surface area contributed by atoms with Gasteiger partial charge >= 0.3 is 0 Å². The molecule has 39 heavy (non-hydrogen) atoms. The second-order valence-electron chi connectivity index (χ2n) is 9.79. The molecule has 0 radical (unpaired) electrons. The van der Waals surface area contributed by atoms with Crippen LogP contribution in [0.4, 0.5) is 0 Å². The number of ether oxygens (including phenoxy) is 3. The van der Waals surface area contributed by atoms with Crippen molar-refractivity contribution in [1.82, 2.24) is 20.9 Å². The van der Waals surface area contributed by atoms with Crippen LogP contribution in [0.1, 0.15) is 31.7 Å². The number of epoxide rings is 1. The predicted octanol–water partition coefficient (Wildman–Crippen LogP) is 0.372. The number of hydrogen-bond acceptors (Lipinski definition) is 8. The van der Waals surface area contributed by atoms with Gasteiger partial charge in [-0.3, -0.25) is 24.1 Å². The first-order valence-corrected chi connectivity index (χ1v) is 13.4. The van der Waals surface area contributed by atoms with Crippen molar-refractivity contribution in [1.29, 1.82) is 0 Å². The highest BCUT2D eigenvalue weighted by molar-refractivity contribution is 5.94. The predicted molar refractivity (Wildman–Crippen MR) is 144 cm³/mol. The van der Waals surface area contributed by atoms with Crippen LogP contribution in [0, 0.1) is 0 Å². The van der Waals surface area contributed by atoms with Gasteiger partial charge in [-0.05, 0) is 43.9 Å². The summed E-state index contributed by atoms with van der Waals surface area (Å²) >= 11 is 0. The molecule has 2 aliphatic heterocycles. The van der Waals surface area contributed by atoms with E-state index in [1.165, 1.54) is 19.3 Å². The van der Waals surface area contributed by atoms with Crippen molar-refractivity contribution >= 4 is 23.5 Å². The minimum absolute atomic E-state index is 0.172. The number of hydrogen-bond donors (Lipinski definition) is 3. The molecule has 3 amide bonds. The molecule has 0 spiro atoms. The number of carbonyl (C=O) groups is 4. The van der Waals surface area contributed by atoms with Crippen molar-refractivity contribution < 1.29 is 33.4 Å². The van der Waals surface area contributed by atoms with E-state index < -0.39 is 24.0 Å². The van der Waals surface area contributed by atoms with E-state index >= 15 is 0 Å². The van der Waals surface area contributed by atoms with Crippen LogP contribution in [-0.2, 0) is 35.1 Å². The molecule has 214 valence electrons. The second-order valence-corrected chi connectivity index (χ2v) is 9.79. The van der Waals surface area contributed by atoms with Crippen LogP contribution in [0.25, 0.3) is 0 Å². The molecular weight excluding hydrogens is 504 g/mol. The number of rotatable bonds is 12. The number of nitrogens with zero attached hydrogens (tertiary/aromatic N) is 1. The van der Waals surface area contributed by atoms with E-state index in [9.17, 15) is 19.2 Å². The number of benzene rings is 1. The molecule has 0 aromatic heterocycles. The maximum atomic E-state index is 12.7. The highest BCUT2D eigenvalue weighted by atomic mass is 16.6. The lowest BCUT2D eigenvalue weighted by Crippen LogP contribution is -2.52. The molecule has 4 rings (SSSR count). The summed E-state index contributed by atoms with van der Waals surface area (Å²) in [7, 11) is 1.55. The lowest BCUT2D eigenvalue weighted by molar-refractivity contribution is -0.131. The fraction of sp³-hybridized carbons (Fsp3) is 0.571. The third-order valence-electron chi connectivity index (χ3n) is 6.56. The van der Waals surface area contributed by atoms with E-state index in [0.29, 0.717) is 38.7 Å². The molecule has 1 aliphatic carbocycles. The number of Topliss-reactive ketones (excluding diaryl/α,β-unsaturated/α-hetero) is 1. The summed E-state index contributed by atoms with van der Waals surface area (Å²) < 4.78 is 15.3. The van der Waals surface area contributed by atoms with Crippen LogP contribution in [0.15, 0.2) is 35.9 Å². The lowest BCUT2D eigenvalue weighted by Gasteiger charge is -2.25. The summed E-state index contributed by atoms with van der Waals surface area (Å²) in [6, 6.07) is 6.17. The van der Waals surface area contributed by atoms with Gasteiger partial charge in [0.25, 0.3) is 0 Å². The molecule has 2 atom stereocenters. The van der Waals surface area contributed by atoms with Gasteiger partial charge in [0.15, 0.2) is 5.78 Å². The largest absolute Gasteiger partial charge is 0.497 e. The third kappa shape index (κ3) is 11.6. The van der Waals surface area contributed by atoms with Crippen LogP contribution in [0.3, 0.4) is 0 Å². The molecule has 0 saturated carbocycles. The van der Waals surface area contributed by atoms with Crippen LogP contribution in [0.2, 0.25) is 0 Å². The number of ketones is 1. The summed E-state index contributed by atoms with van der Waals surface area (Å²) in [4.78, 5) is 51.0. The number of methoxy groups -OCH3 is 1. The zero-order valence-electron chi connectivity index (χ0n) is 22.8. The maximum absolute atomic E-state index is 12.7. The summed E-state index contributed by atoms with van der Waals surface area (Å²) in [6.45, 7) is 4.79. The molecule has 3 N–H and O–H groups in total. The summed E-state index contributed by atoms with van der Waals surface area (Å²) in [5.41, 5.74) is 2.37. The molecule has 3 aliphatic rings. The molecule has 0 unspecified atom stereocenters. The third-order valence-corrected chi connectivity index (χ3v) is 6.56. The zero-order chi connectivity index (χ0) is 28.0. The van der Waals surface area contributed by atoms with Crippen molar-refractivity contribution in [2.45, 2.75) is 44.8 Å². The number of allylic oxidation sites excluding steroid dienone is 2. The summed E-state index contributed by atoms with van der Waals surface area (Å²) in [5, 5.41) is 7.78. The minimum Gasteiger partial charge on any atom is -0.497 e. The van der Waals surface area contributed by atoms with Gasteiger partial charge < -0.3 is 30.2 Å². The van der Waals surface area contributed by atoms with Crippen LogP contribution >= 0.6 is 0 Å². The number of amides is 3. The van der Waals surface area contributed by atoms with Gasteiger partial charge in [0.05, 0.1) is 46.6 Å². The van der Waals surface area contributed by atoms with Crippen molar-refractivity contribution in [3.8, 4) is 5.75 Å². The zero-order valence-corrected chi connectivity index (χ0v) is 22.8. The first kappa shape index (κ1) is 30.3. The van der Waals surface area contributed by atoms with Crippen LogP contribution in [-0.4, -0.2) is 100 Å². The monoisotopic (exact) mass is 544 g/mol. The van der Waals surface area contributed by atoms with Gasteiger partial charge in [-0.1, -0.05) is 23.8 Å². The van der Waals surface area contributed by atoms with Gasteiger partial charge in [-0.2, -0.15) is 0 Å². The minimum atomic E-state index is -0.921. The molecule has 2 fully saturated rings. The summed E-state index contributed by atoms with van der Waals surface area (Å²) in [6.07, 6.45) is 6.14. The van der Waals surface area contributed by atoms with E-state index in [1.807, 2.05) is 4.90 Å². The fourth-order valence-electron chi connectivity index (χ4n) is 4.13. The normalized spacial score (nSPS) is 19.0. The molecule has 2 heterocycles. The first-order valence-electron chi connectivity index (χ1n) is 13.4. The van der Waals surface area contributed by atoms with E-state index in [2.05, 4.69) is 29.0 Å². The van der Waals surface area contributed by atoms with Crippen molar-refractivity contribution in [3.63, 3.8) is 0 Å². The molecule has 11 heteroatoms. The summed E-state index contributed by atoms with van der Waals surface area (Å²) in [5.74, 6) is -0.822. The fourth-order valence-corrected chi connectivity index (χ4v) is 4.13. The molecule has 11 nitrogen and oxygen atoms in total. The van der Waals surface area contributed by atoms with Gasteiger partial charge in [0.1, 0.15) is 17.9 Å². The van der Waals surface area contributed by atoms with Crippen LogP contribution in [0.5, 0.6) is 5.75 Å². The van der Waals surface area contributed by atoms with Crippen molar-refractivity contribution in [3.05, 3.63) is 41.5 Å². The molecular formula is C28H40N4O7. The SMILES string of the molecule is CC1=CCCC1.COc1ccc(C[C@H](NC(=O)CNC(=O)CN2CCOCC2)C(=O)NCC(=O)[C@H]2CO2)cc1. The van der Waals surface area contributed by atoms with Crippen molar-refractivity contribution in [2.75, 3.05) is 59.7 Å². The topological polar surface area (TPSA) is 139 Å². The Morgan fingerprint density at radius 3 is 2.33 bits per heavy atom. The van der Waals surface area contributed by atoms with Crippen LogP contribution < -0.4 is 20.7 Å². The Morgan fingerprint density at radius 2 is 1.77 bits per heavy atom. The van der Waals surface area contributed by atoms with Crippen molar-refractivity contribution in [2.24, 2.45) is 0 Å². The lowest BCUT2D eigenvalue weighted by atomic mass is 10.0. The van der Waals surface area contributed by atoms with Gasteiger partial charge in [0.2, 0.25) is 17.7 Å². The Balaban J connectivity index is 0.000000617.